The van der Waals surface area contributed by atoms with Crippen molar-refractivity contribution in [2.24, 2.45) is 5.92 Å². The van der Waals surface area contributed by atoms with Crippen molar-refractivity contribution >= 4 is 11.5 Å². The van der Waals surface area contributed by atoms with E-state index in [1.54, 1.807) is 6.07 Å². The number of hydrogen-bond acceptors (Lipinski definition) is 2. The van der Waals surface area contributed by atoms with E-state index < -0.39 is 5.82 Å². The zero-order valence-electron chi connectivity index (χ0n) is 8.50. The molecule has 0 amide bonds. The van der Waals surface area contributed by atoms with Crippen molar-refractivity contribution in [1.29, 1.82) is 0 Å². The molecule has 0 aliphatic heterocycles. The molecule has 0 bridgehead atoms. The largest absolute Gasteiger partial charge is 0.396 e. The third kappa shape index (κ3) is 1.87. The molecule has 0 heterocycles. The van der Waals surface area contributed by atoms with Crippen LogP contribution in [0, 0.1) is 11.7 Å². The minimum atomic E-state index is -0.501. The van der Waals surface area contributed by atoms with Crippen molar-refractivity contribution in [1.82, 2.24) is 0 Å². The number of Topliss-reactive ketones (excluding diaryl/α,β-unsaturated/α-hetero) is 1. The molecular weight excluding hydrogens is 193 g/mol. The van der Waals surface area contributed by atoms with Gasteiger partial charge in [0.2, 0.25) is 0 Å². The highest BCUT2D eigenvalue weighted by Gasteiger charge is 2.25. The molecular formula is C12H14FNO. The summed E-state index contributed by atoms with van der Waals surface area (Å²) < 4.78 is 13.1. The number of hydrogen-bond donors (Lipinski definition) is 1. The van der Waals surface area contributed by atoms with Crippen LogP contribution in [0.15, 0.2) is 18.2 Å². The van der Waals surface area contributed by atoms with Gasteiger partial charge in [0.1, 0.15) is 5.82 Å². The van der Waals surface area contributed by atoms with Gasteiger partial charge in [0.05, 0.1) is 5.69 Å². The Balaban J connectivity index is 2.28. The maximum Gasteiger partial charge on any atom is 0.168 e. The SMILES string of the molecule is Nc1c(F)cccc1C(=O)C1CCCC1. The lowest BCUT2D eigenvalue weighted by Crippen LogP contribution is -2.13. The minimum Gasteiger partial charge on any atom is -0.396 e. The molecule has 0 radical (unpaired) electrons. The van der Waals surface area contributed by atoms with E-state index in [1.807, 2.05) is 0 Å². The van der Waals surface area contributed by atoms with Crippen LogP contribution in [0.5, 0.6) is 0 Å². The molecule has 1 fully saturated rings. The second kappa shape index (κ2) is 4.01. The van der Waals surface area contributed by atoms with Crippen molar-refractivity contribution in [2.75, 3.05) is 5.73 Å². The molecule has 1 aliphatic carbocycles. The Bertz CT molecular complexity index is 383. The van der Waals surface area contributed by atoms with Crippen LogP contribution in [0.3, 0.4) is 0 Å². The van der Waals surface area contributed by atoms with Gasteiger partial charge in [0, 0.05) is 11.5 Å². The normalized spacial score (nSPS) is 16.9. The van der Waals surface area contributed by atoms with Crippen LogP contribution < -0.4 is 5.73 Å². The summed E-state index contributed by atoms with van der Waals surface area (Å²) in [5, 5.41) is 0. The molecule has 0 aromatic heterocycles. The van der Waals surface area contributed by atoms with E-state index in [0.29, 0.717) is 5.56 Å². The minimum absolute atomic E-state index is 0.00417. The number of rotatable bonds is 2. The molecule has 1 aliphatic rings. The molecule has 80 valence electrons. The molecule has 1 aromatic carbocycles. The second-order valence-electron chi connectivity index (χ2n) is 4.05. The first-order valence-corrected chi connectivity index (χ1v) is 5.28. The third-order valence-corrected chi connectivity index (χ3v) is 3.04. The lowest BCUT2D eigenvalue weighted by molar-refractivity contribution is 0.0923. The van der Waals surface area contributed by atoms with Gasteiger partial charge in [0.15, 0.2) is 5.78 Å². The number of halogens is 1. The Morgan fingerprint density at radius 2 is 2.00 bits per heavy atom. The fourth-order valence-corrected chi connectivity index (χ4v) is 2.16. The van der Waals surface area contributed by atoms with Gasteiger partial charge in [-0.2, -0.15) is 0 Å². The van der Waals surface area contributed by atoms with Crippen LogP contribution in [0.4, 0.5) is 10.1 Å². The van der Waals surface area contributed by atoms with E-state index >= 15 is 0 Å². The highest BCUT2D eigenvalue weighted by atomic mass is 19.1. The molecule has 2 nitrogen and oxygen atoms in total. The van der Waals surface area contributed by atoms with Gasteiger partial charge in [-0.3, -0.25) is 4.79 Å². The van der Waals surface area contributed by atoms with Crippen molar-refractivity contribution < 1.29 is 9.18 Å². The zero-order chi connectivity index (χ0) is 10.8. The molecule has 15 heavy (non-hydrogen) atoms. The smallest absolute Gasteiger partial charge is 0.168 e. The highest BCUT2D eigenvalue weighted by molar-refractivity contribution is 6.02. The van der Waals surface area contributed by atoms with Gasteiger partial charge in [-0.1, -0.05) is 18.9 Å². The second-order valence-corrected chi connectivity index (χ2v) is 4.05. The van der Waals surface area contributed by atoms with Crippen molar-refractivity contribution in [3.63, 3.8) is 0 Å². The standard InChI is InChI=1S/C12H14FNO/c13-10-7-3-6-9(11(10)14)12(15)8-4-1-2-5-8/h3,6-8H,1-2,4-5,14H2. The monoisotopic (exact) mass is 207 g/mol. The van der Waals surface area contributed by atoms with Gasteiger partial charge in [-0.05, 0) is 25.0 Å². The maximum atomic E-state index is 13.1. The summed E-state index contributed by atoms with van der Waals surface area (Å²) in [5.41, 5.74) is 5.90. The average molecular weight is 207 g/mol. The van der Waals surface area contributed by atoms with Gasteiger partial charge in [0.25, 0.3) is 0 Å². The Morgan fingerprint density at radius 3 is 2.67 bits per heavy atom. The molecule has 1 saturated carbocycles. The number of para-hydroxylation sites is 1. The van der Waals surface area contributed by atoms with E-state index in [4.69, 9.17) is 5.73 Å². The van der Waals surface area contributed by atoms with Gasteiger partial charge in [-0.25, -0.2) is 4.39 Å². The fraction of sp³-hybridized carbons (Fsp3) is 0.417. The number of anilines is 1. The lowest BCUT2D eigenvalue weighted by Gasteiger charge is -2.10. The summed E-state index contributed by atoms with van der Waals surface area (Å²) in [5.74, 6) is -0.447. The van der Waals surface area contributed by atoms with Gasteiger partial charge >= 0.3 is 0 Å². The van der Waals surface area contributed by atoms with Crippen LogP contribution in [-0.4, -0.2) is 5.78 Å². The van der Waals surface area contributed by atoms with E-state index in [2.05, 4.69) is 0 Å². The van der Waals surface area contributed by atoms with Crippen molar-refractivity contribution in [3.8, 4) is 0 Å². The van der Waals surface area contributed by atoms with Crippen LogP contribution in [0.2, 0.25) is 0 Å². The summed E-state index contributed by atoms with van der Waals surface area (Å²) >= 11 is 0. The van der Waals surface area contributed by atoms with E-state index in [0.717, 1.165) is 25.7 Å². The van der Waals surface area contributed by atoms with Gasteiger partial charge < -0.3 is 5.73 Å². The van der Waals surface area contributed by atoms with Crippen molar-refractivity contribution in [3.05, 3.63) is 29.6 Å². The highest BCUT2D eigenvalue weighted by Crippen LogP contribution is 2.30. The molecule has 3 heteroatoms. The fourth-order valence-electron chi connectivity index (χ4n) is 2.16. The van der Waals surface area contributed by atoms with E-state index in [1.165, 1.54) is 12.1 Å². The molecule has 0 atom stereocenters. The number of benzene rings is 1. The van der Waals surface area contributed by atoms with Crippen LogP contribution >= 0.6 is 0 Å². The quantitative estimate of drug-likeness (QED) is 0.598. The predicted octanol–water partition coefficient (Wildman–Crippen LogP) is 2.78. The van der Waals surface area contributed by atoms with E-state index in [-0.39, 0.29) is 17.4 Å². The Labute approximate surface area is 88.3 Å². The first-order valence-electron chi connectivity index (χ1n) is 5.28. The first kappa shape index (κ1) is 10.1. The first-order chi connectivity index (χ1) is 7.20. The third-order valence-electron chi connectivity index (χ3n) is 3.04. The summed E-state index contributed by atoms with van der Waals surface area (Å²) in [7, 11) is 0. The Kier molecular flexibility index (Phi) is 2.71. The number of carbonyl (C=O) groups excluding carboxylic acids is 1. The van der Waals surface area contributed by atoms with Crippen LogP contribution in [-0.2, 0) is 0 Å². The van der Waals surface area contributed by atoms with Crippen LogP contribution in [0.25, 0.3) is 0 Å². The molecule has 2 rings (SSSR count). The number of nitrogen functional groups attached to an aromatic ring is 1. The summed E-state index contributed by atoms with van der Waals surface area (Å²) in [6.07, 6.45) is 4.00. The number of ketones is 1. The zero-order valence-corrected chi connectivity index (χ0v) is 8.50. The molecule has 2 N–H and O–H groups in total. The average Bonchev–Trinajstić information content (AvgIpc) is 2.74. The number of nitrogens with two attached hydrogens (primary N) is 1. The molecule has 1 aromatic rings. The molecule has 0 unspecified atom stereocenters. The Morgan fingerprint density at radius 1 is 1.33 bits per heavy atom. The molecule has 0 saturated heterocycles. The van der Waals surface area contributed by atoms with Crippen molar-refractivity contribution in [2.45, 2.75) is 25.7 Å². The summed E-state index contributed by atoms with van der Waals surface area (Å²) in [6, 6.07) is 4.42. The topological polar surface area (TPSA) is 43.1 Å². The predicted molar refractivity (Wildman–Crippen MR) is 57.1 cm³/mol. The van der Waals surface area contributed by atoms with E-state index in [9.17, 15) is 9.18 Å². The van der Waals surface area contributed by atoms with Crippen LogP contribution in [0.1, 0.15) is 36.0 Å². The number of carbonyl (C=O) groups is 1. The molecule has 0 spiro atoms. The maximum absolute atomic E-state index is 13.1. The summed E-state index contributed by atoms with van der Waals surface area (Å²) in [6.45, 7) is 0. The lowest BCUT2D eigenvalue weighted by atomic mass is 9.95. The summed E-state index contributed by atoms with van der Waals surface area (Å²) in [4.78, 5) is 12.0. The Hall–Kier alpha value is -1.38. The van der Waals surface area contributed by atoms with Gasteiger partial charge in [-0.15, -0.1) is 0 Å².